The van der Waals surface area contributed by atoms with Crippen LogP contribution in [0.4, 0.5) is 13.2 Å². The number of likely N-dealkylation sites (tertiary alicyclic amines) is 1. The van der Waals surface area contributed by atoms with Crippen LogP contribution in [0.25, 0.3) is 0 Å². The van der Waals surface area contributed by atoms with Gasteiger partial charge in [0.1, 0.15) is 0 Å². The van der Waals surface area contributed by atoms with E-state index in [1.807, 2.05) is 4.90 Å². The molecule has 1 aliphatic heterocycles. The first-order chi connectivity index (χ1) is 9.46. The van der Waals surface area contributed by atoms with Crippen LogP contribution in [0.1, 0.15) is 19.3 Å². The van der Waals surface area contributed by atoms with Crippen molar-refractivity contribution in [2.45, 2.75) is 25.2 Å². The van der Waals surface area contributed by atoms with E-state index in [2.05, 4.69) is 15.9 Å². The Labute approximate surface area is 125 Å². The highest BCUT2D eigenvalue weighted by atomic mass is 79.9. The van der Waals surface area contributed by atoms with E-state index in [0.29, 0.717) is 37.1 Å². The van der Waals surface area contributed by atoms with E-state index in [9.17, 15) is 13.2 Å². The summed E-state index contributed by atoms with van der Waals surface area (Å²) in [5.74, 6) is -2.69. The molecular formula is C14H17BrF3NO. The lowest BCUT2D eigenvalue weighted by atomic mass is 10.1. The van der Waals surface area contributed by atoms with Gasteiger partial charge in [-0.2, -0.15) is 0 Å². The summed E-state index contributed by atoms with van der Waals surface area (Å²) in [7, 11) is 0. The molecule has 0 unspecified atom stereocenters. The van der Waals surface area contributed by atoms with E-state index in [4.69, 9.17) is 4.74 Å². The van der Waals surface area contributed by atoms with Crippen molar-refractivity contribution < 1.29 is 17.9 Å². The van der Waals surface area contributed by atoms with Gasteiger partial charge in [-0.3, -0.25) is 0 Å². The van der Waals surface area contributed by atoms with Crippen molar-refractivity contribution >= 4 is 15.9 Å². The van der Waals surface area contributed by atoms with Crippen molar-refractivity contribution in [3.63, 3.8) is 0 Å². The van der Waals surface area contributed by atoms with Crippen LogP contribution in [0.2, 0.25) is 0 Å². The Morgan fingerprint density at radius 2 is 1.95 bits per heavy atom. The summed E-state index contributed by atoms with van der Waals surface area (Å²) >= 11 is 3.18. The molecule has 2 nitrogen and oxygen atoms in total. The standard InChI is InChI=1S/C14H17BrF3NO/c15-11-2-3-13(12(16)10-11)20-9-1-6-19-7-4-14(17,18)5-8-19/h2-3,10H,1,4-9H2. The van der Waals surface area contributed by atoms with Crippen LogP contribution in [0.3, 0.4) is 0 Å². The molecule has 0 amide bonds. The molecule has 0 N–H and O–H groups in total. The van der Waals surface area contributed by atoms with E-state index in [-0.39, 0.29) is 18.6 Å². The SMILES string of the molecule is Fc1cc(Br)ccc1OCCCN1CCC(F)(F)CC1. The number of halogens is 4. The normalized spacial score (nSPS) is 19.0. The zero-order chi connectivity index (χ0) is 14.6. The molecule has 6 heteroatoms. The van der Waals surface area contributed by atoms with Gasteiger partial charge in [-0.15, -0.1) is 0 Å². The second-order valence-corrected chi connectivity index (χ2v) is 5.89. The number of benzene rings is 1. The second-order valence-electron chi connectivity index (χ2n) is 4.97. The zero-order valence-electron chi connectivity index (χ0n) is 11.0. The van der Waals surface area contributed by atoms with Crippen LogP contribution in [-0.2, 0) is 0 Å². The minimum Gasteiger partial charge on any atom is -0.490 e. The van der Waals surface area contributed by atoms with E-state index < -0.39 is 11.7 Å². The van der Waals surface area contributed by atoms with Gasteiger partial charge < -0.3 is 9.64 Å². The number of hydrogen-bond acceptors (Lipinski definition) is 2. The molecule has 1 saturated heterocycles. The molecule has 0 atom stereocenters. The Morgan fingerprint density at radius 3 is 2.60 bits per heavy atom. The maximum atomic E-state index is 13.5. The Hall–Kier alpha value is -0.750. The Kier molecular flexibility index (Phi) is 5.32. The second kappa shape index (κ2) is 6.80. The average Bonchev–Trinajstić information content (AvgIpc) is 2.38. The lowest BCUT2D eigenvalue weighted by Gasteiger charge is -2.31. The minimum atomic E-state index is -2.51. The van der Waals surface area contributed by atoms with Crippen LogP contribution in [0, 0.1) is 5.82 Å². The molecule has 1 aromatic rings. The predicted octanol–water partition coefficient (Wildman–Crippen LogP) is 4.09. The highest BCUT2D eigenvalue weighted by Crippen LogP contribution is 2.27. The predicted molar refractivity (Wildman–Crippen MR) is 74.8 cm³/mol. The van der Waals surface area contributed by atoms with Crippen LogP contribution in [0.15, 0.2) is 22.7 Å². The van der Waals surface area contributed by atoms with Crippen LogP contribution in [-0.4, -0.2) is 37.1 Å². The van der Waals surface area contributed by atoms with E-state index in [0.717, 1.165) is 0 Å². The molecule has 1 aromatic carbocycles. The fourth-order valence-electron chi connectivity index (χ4n) is 2.17. The first-order valence-electron chi connectivity index (χ1n) is 6.64. The highest BCUT2D eigenvalue weighted by Gasteiger charge is 2.33. The number of alkyl halides is 2. The van der Waals surface area contributed by atoms with Gasteiger partial charge in [0, 0.05) is 36.9 Å². The monoisotopic (exact) mass is 351 g/mol. The molecular weight excluding hydrogens is 335 g/mol. The smallest absolute Gasteiger partial charge is 0.250 e. The summed E-state index contributed by atoms with van der Waals surface area (Å²) in [5.41, 5.74) is 0. The lowest BCUT2D eigenvalue weighted by molar-refractivity contribution is -0.0554. The van der Waals surface area contributed by atoms with Crippen molar-refractivity contribution in [3.8, 4) is 5.75 Å². The number of nitrogens with zero attached hydrogens (tertiary/aromatic N) is 1. The molecule has 0 radical (unpaired) electrons. The number of rotatable bonds is 5. The Bertz CT molecular complexity index is 446. The van der Waals surface area contributed by atoms with Gasteiger partial charge in [-0.05, 0) is 24.6 Å². The van der Waals surface area contributed by atoms with Crippen molar-refractivity contribution in [2.24, 2.45) is 0 Å². The summed E-state index contributed by atoms with van der Waals surface area (Å²) < 4.78 is 45.4. The van der Waals surface area contributed by atoms with Gasteiger partial charge in [0.2, 0.25) is 0 Å². The molecule has 1 fully saturated rings. The van der Waals surface area contributed by atoms with E-state index >= 15 is 0 Å². The van der Waals surface area contributed by atoms with Gasteiger partial charge >= 0.3 is 0 Å². The summed E-state index contributed by atoms with van der Waals surface area (Å²) in [6.45, 7) is 1.92. The number of hydrogen-bond donors (Lipinski definition) is 0. The first kappa shape index (κ1) is 15.6. The Balaban J connectivity index is 1.67. The molecule has 0 spiro atoms. The molecule has 0 bridgehead atoms. The van der Waals surface area contributed by atoms with Crippen molar-refractivity contribution in [1.29, 1.82) is 0 Å². The fraction of sp³-hybridized carbons (Fsp3) is 0.571. The maximum absolute atomic E-state index is 13.5. The van der Waals surface area contributed by atoms with E-state index in [1.165, 1.54) is 6.07 Å². The van der Waals surface area contributed by atoms with Crippen LogP contribution in [0.5, 0.6) is 5.75 Å². The van der Waals surface area contributed by atoms with Gasteiger partial charge in [0.05, 0.1) is 6.61 Å². The fourth-order valence-corrected chi connectivity index (χ4v) is 2.50. The third-order valence-corrected chi connectivity index (χ3v) is 3.85. The third-order valence-electron chi connectivity index (χ3n) is 3.36. The lowest BCUT2D eigenvalue weighted by Crippen LogP contribution is -2.40. The van der Waals surface area contributed by atoms with Crippen LogP contribution < -0.4 is 4.74 Å². The zero-order valence-corrected chi connectivity index (χ0v) is 12.6. The summed E-state index contributed by atoms with van der Waals surface area (Å²) in [6.07, 6.45) is 0.547. The van der Waals surface area contributed by atoms with Gasteiger partial charge in [0.15, 0.2) is 11.6 Å². The van der Waals surface area contributed by atoms with Gasteiger partial charge in [-0.1, -0.05) is 15.9 Å². The van der Waals surface area contributed by atoms with Gasteiger partial charge in [0.25, 0.3) is 5.92 Å². The average molecular weight is 352 g/mol. The molecule has 1 heterocycles. The third kappa shape index (κ3) is 4.66. The summed E-state index contributed by atoms with van der Waals surface area (Å²) in [4.78, 5) is 2.00. The molecule has 1 aliphatic rings. The van der Waals surface area contributed by atoms with Gasteiger partial charge in [-0.25, -0.2) is 13.2 Å². The topological polar surface area (TPSA) is 12.5 Å². The first-order valence-corrected chi connectivity index (χ1v) is 7.44. The molecule has 2 rings (SSSR count). The molecule has 0 aliphatic carbocycles. The quantitative estimate of drug-likeness (QED) is 0.741. The van der Waals surface area contributed by atoms with Crippen LogP contribution >= 0.6 is 15.9 Å². The summed E-state index contributed by atoms with van der Waals surface area (Å²) in [5, 5.41) is 0. The number of ether oxygens (including phenoxy) is 1. The number of piperidine rings is 1. The van der Waals surface area contributed by atoms with Crippen molar-refractivity contribution in [3.05, 3.63) is 28.5 Å². The highest BCUT2D eigenvalue weighted by molar-refractivity contribution is 9.10. The largest absolute Gasteiger partial charge is 0.490 e. The summed E-state index contributed by atoms with van der Waals surface area (Å²) in [6, 6.07) is 4.63. The Morgan fingerprint density at radius 1 is 1.25 bits per heavy atom. The van der Waals surface area contributed by atoms with Crippen molar-refractivity contribution in [1.82, 2.24) is 4.90 Å². The molecule has 112 valence electrons. The molecule has 0 aromatic heterocycles. The maximum Gasteiger partial charge on any atom is 0.250 e. The molecule has 20 heavy (non-hydrogen) atoms. The van der Waals surface area contributed by atoms with Crippen molar-refractivity contribution in [2.75, 3.05) is 26.2 Å². The molecule has 0 saturated carbocycles. The van der Waals surface area contributed by atoms with E-state index in [1.54, 1.807) is 12.1 Å². The minimum absolute atomic E-state index is 0.0742.